The summed E-state index contributed by atoms with van der Waals surface area (Å²) in [5.41, 5.74) is 1.39. The normalized spacial score (nSPS) is 12.9. The standard InChI is InChI=1S/C25H25F4NO4S/c1-14(2)34-22(24(32)33)10-15-3-5-19(16-7-8-35-13-16)17(9-15)12-30-23(31)20-6-4-18(11-21(20)26)25(27,28)29/h3-9,11,13-14,22,24,32-33H,10,12H2,1-2H3,(H,30,31). The highest BCUT2D eigenvalue weighted by Crippen LogP contribution is 2.31. The highest BCUT2D eigenvalue weighted by molar-refractivity contribution is 7.08. The van der Waals surface area contributed by atoms with Crippen LogP contribution in [0.5, 0.6) is 0 Å². The van der Waals surface area contributed by atoms with E-state index >= 15 is 0 Å². The van der Waals surface area contributed by atoms with E-state index in [9.17, 15) is 32.6 Å². The maximum Gasteiger partial charge on any atom is 0.416 e. The van der Waals surface area contributed by atoms with Crippen molar-refractivity contribution in [2.45, 2.75) is 51.5 Å². The predicted octanol–water partition coefficient (Wildman–Crippen LogP) is 5.15. The van der Waals surface area contributed by atoms with Crippen LogP contribution in [0.1, 0.15) is 40.9 Å². The van der Waals surface area contributed by atoms with Crippen LogP contribution in [0.15, 0.2) is 53.2 Å². The molecule has 0 fully saturated rings. The van der Waals surface area contributed by atoms with Crippen molar-refractivity contribution in [1.82, 2.24) is 5.32 Å². The molecule has 1 aromatic heterocycles. The summed E-state index contributed by atoms with van der Waals surface area (Å²) in [5, 5.41) is 25.7. The number of benzene rings is 2. The number of hydrogen-bond donors (Lipinski definition) is 3. The number of halogens is 4. The third-order valence-corrected chi connectivity index (χ3v) is 5.88. The van der Waals surface area contributed by atoms with Crippen molar-refractivity contribution in [3.05, 3.63) is 81.3 Å². The molecule has 0 aliphatic rings. The van der Waals surface area contributed by atoms with E-state index in [-0.39, 0.29) is 19.1 Å². The molecule has 3 rings (SSSR count). The van der Waals surface area contributed by atoms with Gasteiger partial charge in [0.1, 0.15) is 11.9 Å². The molecule has 0 saturated carbocycles. The van der Waals surface area contributed by atoms with Crippen LogP contribution in [-0.4, -0.2) is 34.6 Å². The van der Waals surface area contributed by atoms with E-state index in [2.05, 4.69) is 5.32 Å². The van der Waals surface area contributed by atoms with Crippen molar-refractivity contribution in [2.75, 3.05) is 0 Å². The Hall–Kier alpha value is -2.79. The van der Waals surface area contributed by atoms with Gasteiger partial charge in [-0.1, -0.05) is 18.2 Å². The molecule has 0 radical (unpaired) electrons. The van der Waals surface area contributed by atoms with Gasteiger partial charge in [0.05, 0.1) is 17.2 Å². The Labute approximate surface area is 204 Å². The Morgan fingerprint density at radius 2 is 1.86 bits per heavy atom. The quantitative estimate of drug-likeness (QED) is 0.274. The summed E-state index contributed by atoms with van der Waals surface area (Å²) in [6, 6.07) is 9.06. The van der Waals surface area contributed by atoms with Crippen molar-refractivity contribution in [3.63, 3.8) is 0 Å². The fourth-order valence-corrected chi connectivity index (χ4v) is 4.23. The molecule has 10 heteroatoms. The Morgan fingerprint density at radius 3 is 2.43 bits per heavy atom. The number of carbonyl (C=O) groups is 1. The van der Waals surface area contributed by atoms with Crippen LogP contribution >= 0.6 is 11.3 Å². The van der Waals surface area contributed by atoms with Crippen LogP contribution in [0.25, 0.3) is 11.1 Å². The third kappa shape index (κ3) is 7.11. The number of hydrogen-bond acceptors (Lipinski definition) is 5. The van der Waals surface area contributed by atoms with Crippen molar-refractivity contribution in [1.29, 1.82) is 0 Å². The minimum absolute atomic E-state index is 0.0320. The van der Waals surface area contributed by atoms with Gasteiger partial charge in [-0.25, -0.2) is 4.39 Å². The molecule has 35 heavy (non-hydrogen) atoms. The summed E-state index contributed by atoms with van der Waals surface area (Å²) < 4.78 is 58.2. The van der Waals surface area contributed by atoms with E-state index in [1.165, 1.54) is 11.3 Å². The SMILES string of the molecule is CC(C)OC(Cc1ccc(-c2ccsc2)c(CNC(=O)c2ccc(C(F)(F)F)cc2F)c1)C(O)O. The van der Waals surface area contributed by atoms with E-state index in [1.807, 2.05) is 29.0 Å². The molecule has 5 nitrogen and oxygen atoms in total. The van der Waals surface area contributed by atoms with Gasteiger partial charge in [-0.15, -0.1) is 0 Å². The second kappa shape index (κ2) is 11.3. The van der Waals surface area contributed by atoms with Gasteiger partial charge >= 0.3 is 6.18 Å². The largest absolute Gasteiger partial charge is 0.416 e. The van der Waals surface area contributed by atoms with Crippen LogP contribution < -0.4 is 5.32 Å². The van der Waals surface area contributed by atoms with Crippen LogP contribution in [0.3, 0.4) is 0 Å². The van der Waals surface area contributed by atoms with Crippen molar-refractivity contribution in [3.8, 4) is 11.1 Å². The van der Waals surface area contributed by atoms with Crippen molar-refractivity contribution >= 4 is 17.2 Å². The van der Waals surface area contributed by atoms with Crippen LogP contribution in [0.4, 0.5) is 17.6 Å². The van der Waals surface area contributed by atoms with Gasteiger partial charge in [0.25, 0.3) is 5.91 Å². The van der Waals surface area contributed by atoms with Gasteiger partial charge in [0, 0.05) is 13.0 Å². The molecule has 0 saturated heterocycles. The van der Waals surface area contributed by atoms with Gasteiger partial charge in [0.15, 0.2) is 6.29 Å². The number of rotatable bonds is 9. The Morgan fingerprint density at radius 1 is 1.11 bits per heavy atom. The number of aliphatic hydroxyl groups excluding tert-OH is 1. The molecular weight excluding hydrogens is 486 g/mol. The van der Waals surface area contributed by atoms with Crippen molar-refractivity contribution in [2.24, 2.45) is 0 Å². The molecule has 1 amide bonds. The average Bonchev–Trinajstić information content (AvgIpc) is 3.30. The number of amides is 1. The molecule has 1 heterocycles. The monoisotopic (exact) mass is 511 g/mol. The van der Waals surface area contributed by atoms with E-state index < -0.39 is 41.4 Å². The number of alkyl halides is 3. The smallest absolute Gasteiger partial charge is 0.370 e. The first kappa shape index (κ1) is 26.8. The molecular formula is C25H25F4NO4S. The maximum absolute atomic E-state index is 14.2. The van der Waals surface area contributed by atoms with Gasteiger partial charge in [-0.2, -0.15) is 24.5 Å². The zero-order valence-electron chi connectivity index (χ0n) is 19.0. The first-order chi connectivity index (χ1) is 16.5. The molecule has 0 spiro atoms. The molecule has 0 aliphatic carbocycles. The molecule has 1 atom stereocenters. The summed E-state index contributed by atoms with van der Waals surface area (Å²) in [4.78, 5) is 12.6. The molecule has 3 N–H and O–H groups in total. The summed E-state index contributed by atoms with van der Waals surface area (Å²) in [5.74, 6) is -2.13. The zero-order chi connectivity index (χ0) is 25.8. The average molecular weight is 512 g/mol. The summed E-state index contributed by atoms with van der Waals surface area (Å²) in [6.45, 7) is 3.52. The van der Waals surface area contributed by atoms with E-state index in [0.717, 1.165) is 17.2 Å². The molecule has 0 aliphatic heterocycles. The molecule has 0 bridgehead atoms. The predicted molar refractivity (Wildman–Crippen MR) is 124 cm³/mol. The number of aliphatic hydroxyl groups is 2. The Balaban J connectivity index is 1.84. The third-order valence-electron chi connectivity index (χ3n) is 5.20. The zero-order valence-corrected chi connectivity index (χ0v) is 19.8. The number of ether oxygens (including phenoxy) is 1. The van der Waals surface area contributed by atoms with Gasteiger partial charge in [-0.3, -0.25) is 4.79 Å². The molecule has 188 valence electrons. The lowest BCUT2D eigenvalue weighted by Gasteiger charge is -2.22. The number of thiophene rings is 1. The van der Waals surface area contributed by atoms with E-state index in [1.54, 1.807) is 19.9 Å². The Kier molecular flexibility index (Phi) is 8.65. The topological polar surface area (TPSA) is 78.8 Å². The summed E-state index contributed by atoms with van der Waals surface area (Å²) in [7, 11) is 0. The van der Waals surface area contributed by atoms with Gasteiger partial charge in [-0.05, 0) is 71.1 Å². The molecule has 1 unspecified atom stereocenters. The van der Waals surface area contributed by atoms with Gasteiger partial charge in [0.2, 0.25) is 0 Å². The minimum atomic E-state index is -4.72. The fraction of sp³-hybridized carbons (Fsp3) is 0.320. The van der Waals surface area contributed by atoms with Crippen LogP contribution in [-0.2, 0) is 23.9 Å². The first-order valence-corrected chi connectivity index (χ1v) is 11.7. The lowest BCUT2D eigenvalue weighted by Crippen LogP contribution is -2.33. The van der Waals surface area contributed by atoms with Gasteiger partial charge < -0.3 is 20.3 Å². The van der Waals surface area contributed by atoms with E-state index in [4.69, 9.17) is 4.74 Å². The van der Waals surface area contributed by atoms with Crippen LogP contribution in [0.2, 0.25) is 0 Å². The number of carbonyl (C=O) groups excluding carboxylic acids is 1. The van der Waals surface area contributed by atoms with E-state index in [0.29, 0.717) is 23.3 Å². The highest BCUT2D eigenvalue weighted by atomic mass is 32.1. The van der Waals surface area contributed by atoms with Crippen molar-refractivity contribution < 1.29 is 37.3 Å². The summed E-state index contributed by atoms with van der Waals surface area (Å²) >= 11 is 1.48. The fourth-order valence-electron chi connectivity index (χ4n) is 3.57. The maximum atomic E-state index is 14.2. The second-order valence-corrected chi connectivity index (χ2v) is 9.00. The minimum Gasteiger partial charge on any atom is -0.370 e. The summed E-state index contributed by atoms with van der Waals surface area (Å²) in [6.07, 6.45) is -7.33. The lowest BCUT2D eigenvalue weighted by molar-refractivity contribution is -0.157. The number of nitrogens with one attached hydrogen (secondary N) is 1. The lowest BCUT2D eigenvalue weighted by atomic mass is 9.96. The highest BCUT2D eigenvalue weighted by Gasteiger charge is 2.31. The second-order valence-electron chi connectivity index (χ2n) is 8.22. The first-order valence-electron chi connectivity index (χ1n) is 10.8. The Bertz CT molecular complexity index is 1150. The molecule has 2 aromatic carbocycles. The van der Waals surface area contributed by atoms with Crippen LogP contribution in [0, 0.1) is 5.82 Å². The molecule has 3 aromatic rings.